The fraction of sp³-hybridized carbons (Fsp3) is 0.745. The van der Waals surface area contributed by atoms with Crippen molar-refractivity contribution in [2.24, 2.45) is 17.3 Å². The number of carbonyl (C=O) groups is 2. The molecule has 2 saturated carbocycles. The SMILES string of the molecule is CCCCCCCCCCCCCCCCOc1ccc(C(=O)O)c(CCOC(=O)CCCC=CC[C@@H]2[C@@H](C=CC[C@H](O)C3(CC)CCC3)[C@H](O)C[C@H]2Cl)c1. The molecule has 0 radical (unpaired) electrons. The monoisotopic (exact) mass is 787 g/mol. The van der Waals surface area contributed by atoms with Gasteiger partial charge in [-0.2, -0.15) is 0 Å². The standard InChI is InChI=1S/C47H75ClO7/c1-3-5-6-7-8-9-10-11-12-13-14-15-18-21-33-54-38-28-29-39(46(52)53)37(35-38)30-34-55-45(51)27-20-17-16-19-24-40-41(43(49)36-42(40)48)25-22-26-44(50)47(4-2)31-23-32-47/h16,19,22,25,28-29,35,40-44,49-50H,3-15,17-18,20-21,23-24,26-27,30-34,36H2,1-2H3,(H,52,53)/t40-,41-,42-,43-,44+/m1/s1. The molecule has 0 heterocycles. The lowest BCUT2D eigenvalue weighted by Gasteiger charge is -2.45. The molecule has 1 aromatic carbocycles. The average Bonchev–Trinajstić information content (AvgIpc) is 3.41. The molecule has 0 unspecified atom stereocenters. The Morgan fingerprint density at radius 1 is 0.891 bits per heavy atom. The first kappa shape index (κ1) is 47.0. The van der Waals surface area contributed by atoms with Crippen molar-refractivity contribution in [3.8, 4) is 5.75 Å². The second-order valence-corrected chi connectivity index (χ2v) is 17.0. The molecule has 1 aromatic rings. The normalized spacial score (nSPS) is 21.3. The minimum Gasteiger partial charge on any atom is -0.494 e. The molecule has 0 saturated heterocycles. The van der Waals surface area contributed by atoms with E-state index in [-0.39, 0.29) is 53.3 Å². The number of carboxylic acids is 1. The summed E-state index contributed by atoms with van der Waals surface area (Å²) >= 11 is 6.64. The Morgan fingerprint density at radius 2 is 1.55 bits per heavy atom. The van der Waals surface area contributed by atoms with Crippen molar-refractivity contribution >= 4 is 23.5 Å². The fourth-order valence-electron chi connectivity index (χ4n) is 8.48. The number of aliphatic hydroxyl groups is 2. The van der Waals surface area contributed by atoms with Gasteiger partial charge in [-0.05, 0) is 92.9 Å². The second-order valence-electron chi connectivity index (χ2n) is 16.4. The van der Waals surface area contributed by atoms with Gasteiger partial charge in [0.25, 0.3) is 0 Å². The van der Waals surface area contributed by atoms with Crippen molar-refractivity contribution in [2.75, 3.05) is 13.2 Å². The van der Waals surface area contributed by atoms with E-state index in [1.165, 1.54) is 83.5 Å². The van der Waals surface area contributed by atoms with E-state index in [1.807, 2.05) is 6.08 Å². The lowest BCUT2D eigenvalue weighted by Crippen LogP contribution is -2.40. The van der Waals surface area contributed by atoms with Crippen LogP contribution in [0, 0.1) is 17.3 Å². The highest BCUT2D eigenvalue weighted by Crippen LogP contribution is 2.48. The summed E-state index contributed by atoms with van der Waals surface area (Å²) in [4.78, 5) is 24.3. The molecule has 55 heavy (non-hydrogen) atoms. The number of aromatic carboxylic acids is 1. The van der Waals surface area contributed by atoms with Gasteiger partial charge in [-0.25, -0.2) is 4.79 Å². The van der Waals surface area contributed by atoms with Gasteiger partial charge in [0.1, 0.15) is 5.75 Å². The number of benzene rings is 1. The van der Waals surface area contributed by atoms with E-state index in [0.717, 1.165) is 44.9 Å². The van der Waals surface area contributed by atoms with Crippen LogP contribution in [0.25, 0.3) is 0 Å². The minimum absolute atomic E-state index is 0.0314. The third kappa shape index (κ3) is 17.4. The van der Waals surface area contributed by atoms with E-state index in [1.54, 1.807) is 18.2 Å². The first-order valence-electron chi connectivity index (χ1n) is 22.2. The van der Waals surface area contributed by atoms with Crippen LogP contribution in [-0.2, 0) is 16.0 Å². The Bertz CT molecular complexity index is 1270. The number of esters is 1. The van der Waals surface area contributed by atoms with Crippen molar-refractivity contribution in [3.63, 3.8) is 0 Å². The van der Waals surface area contributed by atoms with Gasteiger partial charge in [0, 0.05) is 24.1 Å². The number of hydrogen-bond donors (Lipinski definition) is 3. The van der Waals surface area contributed by atoms with Crippen LogP contribution in [-0.4, -0.2) is 58.1 Å². The molecule has 2 fully saturated rings. The van der Waals surface area contributed by atoms with Gasteiger partial charge in [-0.3, -0.25) is 4.79 Å². The molecule has 0 spiro atoms. The Kier molecular flexibility index (Phi) is 23.4. The van der Waals surface area contributed by atoms with Crippen LogP contribution < -0.4 is 4.74 Å². The van der Waals surface area contributed by atoms with E-state index in [2.05, 4.69) is 32.1 Å². The number of hydrogen-bond acceptors (Lipinski definition) is 6. The van der Waals surface area contributed by atoms with E-state index < -0.39 is 12.1 Å². The highest BCUT2D eigenvalue weighted by Gasteiger charge is 2.42. The number of aliphatic hydroxyl groups excluding tert-OH is 2. The van der Waals surface area contributed by atoms with Crippen LogP contribution in [0.3, 0.4) is 0 Å². The van der Waals surface area contributed by atoms with Gasteiger partial charge >= 0.3 is 11.9 Å². The number of unbranched alkanes of at least 4 members (excludes halogenated alkanes) is 14. The lowest BCUT2D eigenvalue weighted by molar-refractivity contribution is -0.143. The van der Waals surface area contributed by atoms with E-state index in [4.69, 9.17) is 21.1 Å². The number of halogens is 1. The number of alkyl halides is 1. The maximum absolute atomic E-state index is 12.4. The predicted octanol–water partition coefficient (Wildman–Crippen LogP) is 11.9. The molecule has 0 amide bonds. The number of rotatable bonds is 31. The van der Waals surface area contributed by atoms with Crippen molar-refractivity contribution in [1.82, 2.24) is 0 Å². The Labute approximate surface area is 338 Å². The molecule has 3 N–H and O–H groups in total. The summed E-state index contributed by atoms with van der Waals surface area (Å²) in [5.74, 6) is -0.561. The number of carboxylic acid groups (broad SMARTS) is 1. The smallest absolute Gasteiger partial charge is 0.335 e. The molecule has 8 heteroatoms. The molecule has 2 aliphatic rings. The molecule has 5 atom stereocenters. The van der Waals surface area contributed by atoms with Gasteiger partial charge in [-0.1, -0.05) is 128 Å². The molecule has 0 bridgehead atoms. The molecule has 312 valence electrons. The van der Waals surface area contributed by atoms with Gasteiger partial charge in [0.15, 0.2) is 0 Å². The van der Waals surface area contributed by atoms with Gasteiger partial charge in [0.05, 0.1) is 31.0 Å². The van der Waals surface area contributed by atoms with Crippen LogP contribution >= 0.6 is 11.6 Å². The quantitative estimate of drug-likeness (QED) is 0.0297. The molecule has 0 aliphatic heterocycles. The summed E-state index contributed by atoms with van der Waals surface area (Å²) in [5, 5.41) is 31.0. The molecular weight excluding hydrogens is 712 g/mol. The zero-order valence-electron chi connectivity index (χ0n) is 34.4. The molecule has 0 aromatic heterocycles. The maximum Gasteiger partial charge on any atom is 0.335 e. The summed E-state index contributed by atoms with van der Waals surface area (Å²) < 4.78 is 11.4. The van der Waals surface area contributed by atoms with E-state index in [9.17, 15) is 24.9 Å². The summed E-state index contributed by atoms with van der Waals surface area (Å²) in [6.45, 7) is 5.14. The lowest BCUT2D eigenvalue weighted by atomic mass is 9.63. The third-order valence-corrected chi connectivity index (χ3v) is 12.9. The second kappa shape index (κ2) is 27.3. The average molecular weight is 788 g/mol. The minimum atomic E-state index is -1.01. The van der Waals surface area contributed by atoms with Crippen LogP contribution in [0.15, 0.2) is 42.5 Å². The number of carbonyl (C=O) groups excluding carboxylic acids is 1. The maximum atomic E-state index is 12.4. The Morgan fingerprint density at radius 3 is 2.15 bits per heavy atom. The zero-order valence-corrected chi connectivity index (χ0v) is 35.1. The largest absolute Gasteiger partial charge is 0.494 e. The fourth-order valence-corrected chi connectivity index (χ4v) is 8.93. The molecule has 7 nitrogen and oxygen atoms in total. The highest BCUT2D eigenvalue weighted by molar-refractivity contribution is 6.21. The number of ether oxygens (including phenoxy) is 2. The Balaban J connectivity index is 1.26. The van der Waals surface area contributed by atoms with Crippen molar-refractivity contribution < 1.29 is 34.4 Å². The van der Waals surface area contributed by atoms with Crippen molar-refractivity contribution in [3.05, 3.63) is 53.6 Å². The first-order chi connectivity index (χ1) is 26.7. The third-order valence-electron chi connectivity index (χ3n) is 12.4. The van der Waals surface area contributed by atoms with Crippen LogP contribution in [0.1, 0.15) is 184 Å². The molecule has 3 rings (SSSR count). The van der Waals surface area contributed by atoms with Crippen molar-refractivity contribution in [2.45, 2.75) is 192 Å². The summed E-state index contributed by atoms with van der Waals surface area (Å²) in [5.41, 5.74) is 0.870. The van der Waals surface area contributed by atoms with Gasteiger partial charge in [0.2, 0.25) is 0 Å². The predicted molar refractivity (Wildman–Crippen MR) is 225 cm³/mol. The number of allylic oxidation sites excluding steroid dienone is 2. The van der Waals surface area contributed by atoms with Crippen LogP contribution in [0.4, 0.5) is 0 Å². The summed E-state index contributed by atoms with van der Waals surface area (Å²) in [6, 6.07) is 5.05. The van der Waals surface area contributed by atoms with E-state index in [0.29, 0.717) is 43.6 Å². The molecule has 2 aliphatic carbocycles. The van der Waals surface area contributed by atoms with Crippen LogP contribution in [0.5, 0.6) is 5.75 Å². The molecular formula is C47H75ClO7. The Hall–Kier alpha value is -2.35. The van der Waals surface area contributed by atoms with Gasteiger partial charge < -0.3 is 24.8 Å². The van der Waals surface area contributed by atoms with Crippen molar-refractivity contribution in [1.29, 1.82) is 0 Å². The first-order valence-corrected chi connectivity index (χ1v) is 22.6. The topological polar surface area (TPSA) is 113 Å². The highest BCUT2D eigenvalue weighted by atomic mass is 35.5. The van der Waals surface area contributed by atoms with Gasteiger partial charge in [-0.15, -0.1) is 11.6 Å². The summed E-state index contributed by atoms with van der Waals surface area (Å²) in [7, 11) is 0. The van der Waals surface area contributed by atoms with Crippen LogP contribution in [0.2, 0.25) is 0 Å². The van der Waals surface area contributed by atoms with E-state index >= 15 is 0 Å². The zero-order chi connectivity index (χ0) is 39.7. The summed E-state index contributed by atoms with van der Waals surface area (Å²) in [6.07, 6.45) is 34.0.